The predicted octanol–water partition coefficient (Wildman–Crippen LogP) is 1.24. The van der Waals surface area contributed by atoms with Gasteiger partial charge in [-0.1, -0.05) is 13.3 Å². The highest BCUT2D eigenvalue weighted by Crippen LogP contribution is 2.33. The maximum Gasteiger partial charge on any atom is 0.315 e. The Morgan fingerprint density at radius 3 is 3.05 bits per heavy atom. The summed E-state index contributed by atoms with van der Waals surface area (Å²) >= 11 is 1.93. The zero-order chi connectivity index (χ0) is 13.7. The van der Waals surface area contributed by atoms with E-state index in [0.29, 0.717) is 17.7 Å². The molecule has 108 valence electrons. The summed E-state index contributed by atoms with van der Waals surface area (Å²) in [4.78, 5) is 22.7. The molecule has 2 saturated heterocycles. The van der Waals surface area contributed by atoms with Crippen LogP contribution in [0.1, 0.15) is 39.0 Å². The van der Waals surface area contributed by atoms with E-state index in [1.807, 2.05) is 11.8 Å². The van der Waals surface area contributed by atoms with Gasteiger partial charge in [0, 0.05) is 24.0 Å². The monoisotopic (exact) mass is 285 g/mol. The van der Waals surface area contributed by atoms with Gasteiger partial charge >= 0.3 is 6.03 Å². The number of carbonyl (C=O) groups excluding carboxylic acids is 2. The lowest BCUT2D eigenvalue weighted by Gasteiger charge is -2.16. The van der Waals surface area contributed by atoms with Crippen molar-refractivity contribution in [1.29, 1.82) is 0 Å². The van der Waals surface area contributed by atoms with Gasteiger partial charge in [0.2, 0.25) is 5.91 Å². The van der Waals surface area contributed by atoms with Crippen LogP contribution in [0.25, 0.3) is 0 Å². The van der Waals surface area contributed by atoms with Crippen LogP contribution < -0.4 is 16.0 Å². The van der Waals surface area contributed by atoms with Crippen molar-refractivity contribution in [3.05, 3.63) is 0 Å². The summed E-state index contributed by atoms with van der Waals surface area (Å²) in [7, 11) is 0. The van der Waals surface area contributed by atoms with E-state index in [1.165, 1.54) is 0 Å². The first-order valence-corrected chi connectivity index (χ1v) is 8.21. The molecule has 0 aliphatic carbocycles. The minimum absolute atomic E-state index is 0.0285. The molecule has 2 rings (SSSR count). The van der Waals surface area contributed by atoms with Crippen LogP contribution in [-0.2, 0) is 4.79 Å². The molecule has 3 amide bonds. The minimum Gasteiger partial charge on any atom is -0.356 e. The van der Waals surface area contributed by atoms with Crippen LogP contribution in [0.4, 0.5) is 4.79 Å². The van der Waals surface area contributed by atoms with Crippen LogP contribution in [-0.4, -0.2) is 41.6 Å². The van der Waals surface area contributed by atoms with Crippen LogP contribution in [0.3, 0.4) is 0 Å². The second kappa shape index (κ2) is 7.03. The van der Waals surface area contributed by atoms with Gasteiger partial charge in [-0.05, 0) is 19.3 Å². The van der Waals surface area contributed by atoms with Crippen LogP contribution in [0.2, 0.25) is 0 Å². The Kier molecular flexibility index (Phi) is 5.36. The normalized spacial score (nSPS) is 28.7. The lowest BCUT2D eigenvalue weighted by atomic mass is 10.0. The third-order valence-corrected chi connectivity index (χ3v) is 5.16. The zero-order valence-corrected chi connectivity index (χ0v) is 12.2. The fourth-order valence-corrected chi connectivity index (χ4v) is 4.17. The molecule has 3 N–H and O–H groups in total. The molecule has 0 aromatic heterocycles. The number of fused-ring (bicyclic) bond motifs is 1. The highest BCUT2D eigenvalue weighted by Gasteiger charge is 2.42. The van der Waals surface area contributed by atoms with E-state index in [0.717, 1.165) is 38.0 Å². The predicted molar refractivity (Wildman–Crippen MR) is 77.3 cm³/mol. The van der Waals surface area contributed by atoms with Crippen molar-refractivity contribution in [1.82, 2.24) is 16.0 Å². The van der Waals surface area contributed by atoms with Gasteiger partial charge < -0.3 is 16.0 Å². The average molecular weight is 285 g/mol. The Morgan fingerprint density at radius 1 is 1.42 bits per heavy atom. The summed E-state index contributed by atoms with van der Waals surface area (Å²) in [6.07, 6.45) is 4.67. The van der Waals surface area contributed by atoms with Crippen LogP contribution in [0.15, 0.2) is 0 Å². The molecule has 0 radical (unpaired) electrons. The van der Waals surface area contributed by atoms with Gasteiger partial charge in [-0.3, -0.25) is 4.79 Å². The molecular formula is C13H23N3O2S. The molecule has 0 aromatic carbocycles. The van der Waals surface area contributed by atoms with Crippen molar-refractivity contribution in [3.63, 3.8) is 0 Å². The first-order chi connectivity index (χ1) is 9.20. The second-order valence-corrected chi connectivity index (χ2v) is 6.49. The SMILES string of the molecule is CCCNC(=O)CCCC[C@@H]1SC[C@@H]2NC(=O)N[C@@H]21. The lowest BCUT2D eigenvalue weighted by Crippen LogP contribution is -2.36. The van der Waals surface area contributed by atoms with Gasteiger partial charge in [0.1, 0.15) is 0 Å². The van der Waals surface area contributed by atoms with E-state index in [9.17, 15) is 9.59 Å². The molecule has 2 aliphatic rings. The van der Waals surface area contributed by atoms with Gasteiger partial charge in [-0.25, -0.2) is 4.79 Å². The van der Waals surface area contributed by atoms with Crippen molar-refractivity contribution in [2.45, 2.75) is 56.4 Å². The van der Waals surface area contributed by atoms with Gasteiger partial charge in [0.25, 0.3) is 0 Å². The molecule has 0 spiro atoms. The standard InChI is InChI=1S/C13H23N3O2S/c1-2-7-14-11(17)6-4-3-5-10-12-9(8-19-10)15-13(18)16-12/h9-10,12H,2-8H2,1H3,(H,14,17)(H2,15,16,18)/t9-,10-,12-/m0/s1. The number of unbranched alkanes of at least 4 members (excludes halogenated alkanes) is 1. The summed E-state index contributed by atoms with van der Waals surface area (Å²) in [5.74, 6) is 1.17. The number of rotatable bonds is 7. The third-order valence-electron chi connectivity index (χ3n) is 3.65. The summed E-state index contributed by atoms with van der Waals surface area (Å²) in [6, 6.07) is 0.556. The molecule has 0 bridgehead atoms. The van der Waals surface area contributed by atoms with Gasteiger partial charge in [0.15, 0.2) is 0 Å². The zero-order valence-electron chi connectivity index (χ0n) is 11.4. The number of hydrogen-bond acceptors (Lipinski definition) is 3. The van der Waals surface area contributed by atoms with Crippen molar-refractivity contribution < 1.29 is 9.59 Å². The Bertz CT molecular complexity index is 338. The van der Waals surface area contributed by atoms with Gasteiger partial charge in [0.05, 0.1) is 12.1 Å². The van der Waals surface area contributed by atoms with Crippen molar-refractivity contribution >= 4 is 23.7 Å². The van der Waals surface area contributed by atoms with Crippen molar-refractivity contribution in [3.8, 4) is 0 Å². The highest BCUT2D eigenvalue weighted by atomic mass is 32.2. The Morgan fingerprint density at radius 2 is 2.26 bits per heavy atom. The molecule has 5 nitrogen and oxygen atoms in total. The minimum atomic E-state index is -0.0285. The first kappa shape index (κ1) is 14.5. The maximum absolute atomic E-state index is 11.4. The number of amides is 3. The van der Waals surface area contributed by atoms with Gasteiger partial charge in [-0.15, -0.1) is 0 Å². The summed E-state index contributed by atoms with van der Waals surface area (Å²) < 4.78 is 0. The lowest BCUT2D eigenvalue weighted by molar-refractivity contribution is -0.121. The molecule has 2 aliphatic heterocycles. The summed E-state index contributed by atoms with van der Waals surface area (Å²) in [6.45, 7) is 2.83. The molecule has 19 heavy (non-hydrogen) atoms. The number of thioether (sulfide) groups is 1. The summed E-state index contributed by atoms with van der Waals surface area (Å²) in [5, 5.41) is 9.33. The van der Waals surface area contributed by atoms with Gasteiger partial charge in [-0.2, -0.15) is 11.8 Å². The fourth-order valence-electron chi connectivity index (χ4n) is 2.63. The smallest absolute Gasteiger partial charge is 0.315 e. The van der Waals surface area contributed by atoms with E-state index in [1.54, 1.807) is 0 Å². The quantitative estimate of drug-likeness (QED) is 0.487. The Labute approximate surface area is 118 Å². The van der Waals surface area contributed by atoms with E-state index < -0.39 is 0 Å². The molecule has 3 atom stereocenters. The molecule has 2 fully saturated rings. The third kappa shape index (κ3) is 4.03. The number of urea groups is 1. The molecule has 2 heterocycles. The van der Waals surface area contributed by atoms with E-state index in [-0.39, 0.29) is 18.0 Å². The fraction of sp³-hybridized carbons (Fsp3) is 0.846. The Balaban J connectivity index is 1.59. The van der Waals surface area contributed by atoms with Crippen molar-refractivity contribution in [2.24, 2.45) is 0 Å². The van der Waals surface area contributed by atoms with E-state index in [2.05, 4.69) is 22.9 Å². The first-order valence-electron chi connectivity index (χ1n) is 7.16. The topological polar surface area (TPSA) is 70.2 Å². The van der Waals surface area contributed by atoms with Crippen molar-refractivity contribution in [2.75, 3.05) is 12.3 Å². The van der Waals surface area contributed by atoms with E-state index in [4.69, 9.17) is 0 Å². The maximum atomic E-state index is 11.4. The Hall–Kier alpha value is -0.910. The van der Waals surface area contributed by atoms with Crippen LogP contribution in [0.5, 0.6) is 0 Å². The number of hydrogen-bond donors (Lipinski definition) is 3. The largest absolute Gasteiger partial charge is 0.356 e. The van der Waals surface area contributed by atoms with E-state index >= 15 is 0 Å². The molecule has 0 unspecified atom stereocenters. The summed E-state index contributed by atoms with van der Waals surface area (Å²) in [5.41, 5.74) is 0. The van der Waals surface area contributed by atoms with Crippen LogP contribution in [0, 0.1) is 0 Å². The molecule has 0 saturated carbocycles. The number of carbonyl (C=O) groups is 2. The molecule has 0 aromatic rings. The molecular weight excluding hydrogens is 262 g/mol. The average Bonchev–Trinajstić information content (AvgIpc) is 2.92. The van der Waals surface area contributed by atoms with Crippen LogP contribution >= 0.6 is 11.8 Å². The second-order valence-electron chi connectivity index (χ2n) is 5.22. The molecule has 6 heteroatoms. The highest BCUT2D eigenvalue weighted by molar-refractivity contribution is 8.00. The number of nitrogens with one attached hydrogen (secondary N) is 3.